The van der Waals surface area contributed by atoms with E-state index in [9.17, 15) is 4.79 Å². The normalized spacial score (nSPS) is 16.7. The first-order valence-electron chi connectivity index (χ1n) is 5.50. The molecular weight excluding hydrogens is 305 g/mol. The number of nitrogens with zero attached hydrogens (tertiary/aromatic N) is 1. The number of rotatable bonds is 1. The maximum atomic E-state index is 12.3. The van der Waals surface area contributed by atoms with E-state index in [-0.39, 0.29) is 5.91 Å². The van der Waals surface area contributed by atoms with Crippen molar-refractivity contribution >= 4 is 33.4 Å². The molecule has 0 aliphatic carbocycles. The molecule has 1 aromatic carbocycles. The fraction of sp³-hybridized carbons (Fsp3) is 0.417. The first-order valence-corrected chi connectivity index (χ1v) is 6.67. The van der Waals surface area contributed by atoms with Crippen LogP contribution >= 0.6 is 27.5 Å². The first kappa shape index (κ1) is 12.9. The molecule has 0 atom stereocenters. The van der Waals surface area contributed by atoms with E-state index in [1.807, 2.05) is 4.90 Å². The largest absolute Gasteiger partial charge is 0.380 e. The molecule has 1 amide bonds. The second-order valence-electron chi connectivity index (χ2n) is 3.88. The van der Waals surface area contributed by atoms with Crippen LogP contribution in [0.4, 0.5) is 0 Å². The molecule has 1 fully saturated rings. The van der Waals surface area contributed by atoms with Gasteiger partial charge in [0.25, 0.3) is 5.91 Å². The highest BCUT2D eigenvalue weighted by atomic mass is 79.9. The van der Waals surface area contributed by atoms with Crippen molar-refractivity contribution in [1.82, 2.24) is 4.90 Å². The van der Waals surface area contributed by atoms with Crippen LogP contribution in [0.25, 0.3) is 0 Å². The molecule has 0 saturated carbocycles. The fourth-order valence-corrected chi connectivity index (χ4v) is 2.63. The van der Waals surface area contributed by atoms with Crippen molar-refractivity contribution in [3.05, 3.63) is 33.3 Å². The third-order valence-corrected chi connectivity index (χ3v) is 3.56. The van der Waals surface area contributed by atoms with Gasteiger partial charge in [0.05, 0.1) is 12.2 Å². The molecule has 0 spiro atoms. The minimum atomic E-state index is 0.0269. The third-order valence-electron chi connectivity index (χ3n) is 2.67. The van der Waals surface area contributed by atoms with Gasteiger partial charge < -0.3 is 9.64 Å². The predicted octanol–water partition coefficient (Wildman–Crippen LogP) is 2.97. The Kier molecular flexibility index (Phi) is 4.42. The zero-order valence-electron chi connectivity index (χ0n) is 9.29. The zero-order chi connectivity index (χ0) is 12.3. The summed E-state index contributed by atoms with van der Waals surface area (Å²) in [4.78, 5) is 14.1. The van der Waals surface area contributed by atoms with Gasteiger partial charge in [-0.3, -0.25) is 4.79 Å². The standard InChI is InChI=1S/C12H13BrClNO2/c13-11-8-9(14)2-3-10(11)12(16)15-4-1-6-17-7-5-15/h2-3,8H,1,4-7H2. The Hall–Kier alpha value is -0.580. The van der Waals surface area contributed by atoms with Crippen LogP contribution in [0.5, 0.6) is 0 Å². The predicted molar refractivity (Wildman–Crippen MR) is 70.5 cm³/mol. The lowest BCUT2D eigenvalue weighted by Gasteiger charge is -2.20. The maximum Gasteiger partial charge on any atom is 0.255 e. The van der Waals surface area contributed by atoms with Crippen molar-refractivity contribution in [2.75, 3.05) is 26.3 Å². The number of benzene rings is 1. The molecule has 17 heavy (non-hydrogen) atoms. The van der Waals surface area contributed by atoms with Gasteiger partial charge in [0.1, 0.15) is 0 Å². The van der Waals surface area contributed by atoms with E-state index in [1.165, 1.54) is 0 Å². The molecule has 1 saturated heterocycles. The summed E-state index contributed by atoms with van der Waals surface area (Å²) >= 11 is 9.23. The van der Waals surface area contributed by atoms with Crippen LogP contribution in [0.1, 0.15) is 16.8 Å². The number of hydrogen-bond donors (Lipinski definition) is 0. The highest BCUT2D eigenvalue weighted by Gasteiger charge is 2.19. The molecule has 0 N–H and O–H groups in total. The summed E-state index contributed by atoms with van der Waals surface area (Å²) in [6.07, 6.45) is 0.886. The van der Waals surface area contributed by atoms with E-state index in [0.717, 1.165) is 24.0 Å². The number of carbonyl (C=O) groups excluding carboxylic acids is 1. The molecule has 92 valence electrons. The molecular formula is C12H13BrClNO2. The Morgan fingerprint density at radius 3 is 2.94 bits per heavy atom. The van der Waals surface area contributed by atoms with Crippen LogP contribution in [0.2, 0.25) is 5.02 Å². The number of halogens is 2. The van der Waals surface area contributed by atoms with Crippen LogP contribution < -0.4 is 0 Å². The van der Waals surface area contributed by atoms with Crippen molar-refractivity contribution in [3.8, 4) is 0 Å². The summed E-state index contributed by atoms with van der Waals surface area (Å²) in [7, 11) is 0. The summed E-state index contributed by atoms with van der Waals surface area (Å²) in [6, 6.07) is 5.22. The van der Waals surface area contributed by atoms with Gasteiger partial charge in [-0.1, -0.05) is 11.6 Å². The first-order chi connectivity index (χ1) is 8.18. The van der Waals surface area contributed by atoms with Gasteiger partial charge in [-0.15, -0.1) is 0 Å². The highest BCUT2D eigenvalue weighted by molar-refractivity contribution is 9.10. The van der Waals surface area contributed by atoms with Crippen molar-refractivity contribution in [3.63, 3.8) is 0 Å². The molecule has 1 heterocycles. The van der Waals surface area contributed by atoms with E-state index >= 15 is 0 Å². The zero-order valence-corrected chi connectivity index (χ0v) is 11.6. The smallest absolute Gasteiger partial charge is 0.255 e. The molecule has 3 nitrogen and oxygen atoms in total. The van der Waals surface area contributed by atoms with Gasteiger partial charge >= 0.3 is 0 Å². The number of amides is 1. The van der Waals surface area contributed by atoms with Gasteiger partial charge in [0.15, 0.2) is 0 Å². The van der Waals surface area contributed by atoms with E-state index in [0.29, 0.717) is 23.7 Å². The number of hydrogen-bond acceptors (Lipinski definition) is 2. The lowest BCUT2D eigenvalue weighted by molar-refractivity contribution is 0.0740. The highest BCUT2D eigenvalue weighted by Crippen LogP contribution is 2.23. The Morgan fingerprint density at radius 2 is 2.18 bits per heavy atom. The van der Waals surface area contributed by atoms with Crippen molar-refractivity contribution in [2.45, 2.75) is 6.42 Å². The lowest BCUT2D eigenvalue weighted by atomic mass is 10.2. The summed E-state index contributed by atoms with van der Waals surface area (Å²) in [5, 5.41) is 0.618. The topological polar surface area (TPSA) is 29.5 Å². The van der Waals surface area contributed by atoms with Crippen molar-refractivity contribution in [2.24, 2.45) is 0 Å². The van der Waals surface area contributed by atoms with Crippen LogP contribution in [0.15, 0.2) is 22.7 Å². The Labute approximate surface area is 114 Å². The molecule has 0 unspecified atom stereocenters. The molecule has 5 heteroatoms. The number of carbonyl (C=O) groups is 1. The Bertz CT molecular complexity index is 417. The SMILES string of the molecule is O=C(c1ccc(Cl)cc1Br)N1CCCOCC1. The second-order valence-corrected chi connectivity index (χ2v) is 5.17. The molecule has 2 rings (SSSR count). The fourth-order valence-electron chi connectivity index (χ4n) is 1.78. The molecule has 0 bridgehead atoms. The van der Waals surface area contributed by atoms with Crippen LogP contribution in [-0.2, 0) is 4.74 Å². The third kappa shape index (κ3) is 3.21. The summed E-state index contributed by atoms with van der Waals surface area (Å²) in [5.74, 6) is 0.0269. The summed E-state index contributed by atoms with van der Waals surface area (Å²) < 4.78 is 6.07. The second kappa shape index (κ2) is 5.85. The maximum absolute atomic E-state index is 12.3. The Balaban J connectivity index is 2.17. The quantitative estimate of drug-likeness (QED) is 0.797. The van der Waals surface area contributed by atoms with Gasteiger partial charge in [0, 0.05) is 29.2 Å². The van der Waals surface area contributed by atoms with Crippen LogP contribution in [0.3, 0.4) is 0 Å². The van der Waals surface area contributed by atoms with Gasteiger partial charge in [-0.2, -0.15) is 0 Å². The van der Waals surface area contributed by atoms with Gasteiger partial charge in [-0.05, 0) is 40.5 Å². The summed E-state index contributed by atoms with van der Waals surface area (Å²) in [5.41, 5.74) is 0.649. The van der Waals surface area contributed by atoms with E-state index in [1.54, 1.807) is 18.2 Å². The van der Waals surface area contributed by atoms with Crippen molar-refractivity contribution in [1.29, 1.82) is 0 Å². The van der Waals surface area contributed by atoms with Crippen molar-refractivity contribution < 1.29 is 9.53 Å². The minimum Gasteiger partial charge on any atom is -0.380 e. The number of ether oxygens (including phenoxy) is 1. The monoisotopic (exact) mass is 317 g/mol. The van der Waals surface area contributed by atoms with E-state index in [4.69, 9.17) is 16.3 Å². The molecule has 1 aromatic rings. The average Bonchev–Trinajstić information content (AvgIpc) is 2.56. The summed E-state index contributed by atoms with van der Waals surface area (Å²) in [6.45, 7) is 2.73. The molecule has 0 radical (unpaired) electrons. The lowest BCUT2D eigenvalue weighted by Crippen LogP contribution is -2.33. The van der Waals surface area contributed by atoms with E-state index < -0.39 is 0 Å². The van der Waals surface area contributed by atoms with Gasteiger partial charge in [0.2, 0.25) is 0 Å². The molecule has 1 aliphatic heterocycles. The van der Waals surface area contributed by atoms with Crippen LogP contribution in [-0.4, -0.2) is 37.1 Å². The van der Waals surface area contributed by atoms with Crippen LogP contribution in [0, 0.1) is 0 Å². The molecule has 1 aliphatic rings. The minimum absolute atomic E-state index is 0.0269. The van der Waals surface area contributed by atoms with Gasteiger partial charge in [-0.25, -0.2) is 0 Å². The Morgan fingerprint density at radius 1 is 1.35 bits per heavy atom. The molecule has 0 aromatic heterocycles. The average molecular weight is 319 g/mol. The van der Waals surface area contributed by atoms with E-state index in [2.05, 4.69) is 15.9 Å².